The number of rotatable bonds is 2. The molecule has 0 spiro atoms. The second-order valence-corrected chi connectivity index (χ2v) is 7.70. The van der Waals surface area contributed by atoms with Gasteiger partial charge < -0.3 is 10.2 Å². The second-order valence-electron chi connectivity index (χ2n) is 5.95. The Bertz CT molecular complexity index is 685. The fraction of sp³-hybridized carbons (Fsp3) is 0.389. The maximum Gasteiger partial charge on any atom is 0.322 e. The van der Waals surface area contributed by atoms with Crippen LogP contribution in [0.3, 0.4) is 0 Å². The number of thiophene rings is 1. The minimum absolute atomic E-state index is 0.0368. The molecule has 0 saturated carbocycles. The molecule has 1 aliphatic rings. The van der Waals surface area contributed by atoms with Crippen LogP contribution in [0.1, 0.15) is 41.5 Å². The molecule has 1 atom stereocenters. The number of nitrogens with zero attached hydrogens (tertiary/aromatic N) is 1. The third kappa shape index (κ3) is 4.06. The predicted molar refractivity (Wildman–Crippen MR) is 97.4 cm³/mol. The van der Waals surface area contributed by atoms with E-state index in [2.05, 4.69) is 24.4 Å². The van der Waals surface area contributed by atoms with Crippen LogP contribution in [0.2, 0.25) is 5.02 Å². The monoisotopic (exact) mass is 348 g/mol. The summed E-state index contributed by atoms with van der Waals surface area (Å²) in [5.41, 5.74) is 0.743. The molecule has 1 aliphatic heterocycles. The molecule has 2 amide bonds. The lowest BCUT2D eigenvalue weighted by atomic mass is 10.1. The molecule has 1 fully saturated rings. The van der Waals surface area contributed by atoms with Crippen LogP contribution in [0.15, 0.2) is 36.4 Å². The first kappa shape index (κ1) is 16.3. The number of carbonyl (C=O) groups excluding carboxylic acids is 1. The van der Waals surface area contributed by atoms with Crippen molar-refractivity contribution < 1.29 is 4.79 Å². The van der Waals surface area contributed by atoms with Crippen molar-refractivity contribution in [3.63, 3.8) is 0 Å². The Labute approximate surface area is 146 Å². The van der Waals surface area contributed by atoms with Crippen molar-refractivity contribution in [2.45, 2.75) is 38.6 Å². The van der Waals surface area contributed by atoms with E-state index in [9.17, 15) is 4.79 Å². The molecule has 0 aliphatic carbocycles. The highest BCUT2D eigenvalue weighted by atomic mass is 35.5. The van der Waals surface area contributed by atoms with Crippen molar-refractivity contribution in [1.82, 2.24) is 4.90 Å². The summed E-state index contributed by atoms with van der Waals surface area (Å²) in [6.07, 6.45) is 4.44. The van der Waals surface area contributed by atoms with Crippen LogP contribution in [0.4, 0.5) is 10.5 Å². The number of hydrogen-bond acceptors (Lipinski definition) is 2. The average molecular weight is 349 g/mol. The van der Waals surface area contributed by atoms with Gasteiger partial charge in [-0.15, -0.1) is 11.3 Å². The van der Waals surface area contributed by atoms with E-state index < -0.39 is 0 Å². The zero-order valence-electron chi connectivity index (χ0n) is 13.2. The Balaban J connectivity index is 1.80. The summed E-state index contributed by atoms with van der Waals surface area (Å²) in [4.78, 5) is 17.4. The Kier molecular flexibility index (Phi) is 5.23. The van der Waals surface area contributed by atoms with Crippen LogP contribution >= 0.6 is 22.9 Å². The van der Waals surface area contributed by atoms with E-state index in [0.29, 0.717) is 5.02 Å². The van der Waals surface area contributed by atoms with E-state index >= 15 is 0 Å². The third-order valence-electron chi connectivity index (χ3n) is 4.18. The standard InChI is InChI=1S/C18H21ClN2OS/c1-13-9-10-17(23-13)16-8-3-2-4-11-21(16)18(22)20-15-7-5-6-14(19)12-15/h5-7,9-10,12,16H,2-4,8,11H2,1H3,(H,20,22). The molecule has 5 heteroatoms. The molecule has 2 heterocycles. The molecule has 3 nitrogen and oxygen atoms in total. The lowest BCUT2D eigenvalue weighted by Crippen LogP contribution is -2.37. The Morgan fingerprint density at radius 3 is 2.87 bits per heavy atom. The van der Waals surface area contributed by atoms with Gasteiger partial charge in [0.05, 0.1) is 6.04 Å². The smallest absolute Gasteiger partial charge is 0.317 e. The normalized spacial score (nSPS) is 18.5. The lowest BCUT2D eigenvalue weighted by Gasteiger charge is -2.29. The van der Waals surface area contributed by atoms with Gasteiger partial charge >= 0.3 is 6.03 Å². The Morgan fingerprint density at radius 2 is 2.13 bits per heavy atom. The van der Waals surface area contributed by atoms with E-state index in [1.165, 1.54) is 22.6 Å². The number of nitrogens with one attached hydrogen (secondary N) is 1. The van der Waals surface area contributed by atoms with Crippen LogP contribution < -0.4 is 5.32 Å². The fourth-order valence-corrected chi connectivity index (χ4v) is 4.26. The highest BCUT2D eigenvalue weighted by Gasteiger charge is 2.27. The van der Waals surface area contributed by atoms with Gasteiger partial charge in [0.25, 0.3) is 0 Å². The number of urea groups is 1. The van der Waals surface area contributed by atoms with Crippen LogP contribution in [0, 0.1) is 6.92 Å². The van der Waals surface area contributed by atoms with E-state index in [1.54, 1.807) is 23.5 Å². The van der Waals surface area contributed by atoms with Gasteiger partial charge in [0, 0.05) is 27.0 Å². The van der Waals surface area contributed by atoms with Crippen LogP contribution in [0.5, 0.6) is 0 Å². The molecule has 3 rings (SSSR count). The molecule has 1 saturated heterocycles. The van der Waals surface area contributed by atoms with Crippen molar-refractivity contribution in [3.05, 3.63) is 51.2 Å². The minimum Gasteiger partial charge on any atom is -0.317 e. The molecule has 0 bridgehead atoms. The summed E-state index contributed by atoms with van der Waals surface area (Å²) in [7, 11) is 0. The number of anilines is 1. The molecule has 1 aromatic heterocycles. The lowest BCUT2D eigenvalue weighted by molar-refractivity contribution is 0.190. The number of amides is 2. The highest BCUT2D eigenvalue weighted by Crippen LogP contribution is 2.34. The number of halogens is 1. The largest absolute Gasteiger partial charge is 0.322 e. The quantitative estimate of drug-likeness (QED) is 0.724. The Morgan fingerprint density at radius 1 is 1.26 bits per heavy atom. The van der Waals surface area contributed by atoms with Crippen molar-refractivity contribution in [2.24, 2.45) is 0 Å². The maximum atomic E-state index is 12.8. The second kappa shape index (κ2) is 7.37. The topological polar surface area (TPSA) is 32.3 Å². The number of benzene rings is 1. The van der Waals surface area contributed by atoms with Gasteiger partial charge in [0.15, 0.2) is 0 Å². The summed E-state index contributed by atoms with van der Waals surface area (Å²) in [6, 6.07) is 11.7. The van der Waals surface area contributed by atoms with Crippen LogP contribution in [0.25, 0.3) is 0 Å². The van der Waals surface area contributed by atoms with Gasteiger partial charge in [-0.25, -0.2) is 4.79 Å². The summed E-state index contributed by atoms with van der Waals surface area (Å²) in [6.45, 7) is 2.91. The zero-order chi connectivity index (χ0) is 16.2. The third-order valence-corrected chi connectivity index (χ3v) is 5.52. The zero-order valence-corrected chi connectivity index (χ0v) is 14.8. The Hall–Kier alpha value is -1.52. The molecule has 2 aromatic rings. The number of aryl methyl sites for hydroxylation is 1. The summed E-state index contributed by atoms with van der Waals surface area (Å²) in [5, 5.41) is 3.62. The molecular formula is C18H21ClN2OS. The van der Waals surface area contributed by atoms with Crippen LogP contribution in [-0.4, -0.2) is 17.5 Å². The van der Waals surface area contributed by atoms with Gasteiger partial charge in [-0.1, -0.05) is 30.5 Å². The highest BCUT2D eigenvalue weighted by molar-refractivity contribution is 7.12. The SMILES string of the molecule is Cc1ccc(C2CCCCCN2C(=O)Nc2cccc(Cl)c2)s1. The van der Waals surface area contributed by atoms with E-state index in [-0.39, 0.29) is 12.1 Å². The summed E-state index contributed by atoms with van der Waals surface area (Å²) in [5.74, 6) is 0. The van der Waals surface area contributed by atoms with Crippen LogP contribution in [-0.2, 0) is 0 Å². The number of likely N-dealkylation sites (tertiary alicyclic amines) is 1. The van der Waals surface area contributed by atoms with Gasteiger partial charge in [-0.2, -0.15) is 0 Å². The summed E-state index contributed by atoms with van der Waals surface area (Å²) >= 11 is 7.79. The molecule has 1 N–H and O–H groups in total. The predicted octanol–water partition coefficient (Wildman–Crippen LogP) is 5.86. The van der Waals surface area contributed by atoms with E-state index in [0.717, 1.165) is 25.1 Å². The maximum absolute atomic E-state index is 12.8. The summed E-state index contributed by atoms with van der Waals surface area (Å²) < 4.78 is 0. The molecule has 1 aromatic carbocycles. The van der Waals surface area contributed by atoms with Crippen molar-refractivity contribution >= 4 is 34.7 Å². The molecular weight excluding hydrogens is 328 g/mol. The van der Waals surface area contributed by atoms with Gasteiger partial charge in [0.2, 0.25) is 0 Å². The first-order chi connectivity index (χ1) is 11.1. The number of hydrogen-bond donors (Lipinski definition) is 1. The fourth-order valence-electron chi connectivity index (χ4n) is 3.04. The molecule has 122 valence electrons. The van der Waals surface area contributed by atoms with Gasteiger partial charge in [-0.05, 0) is 50.1 Å². The first-order valence-electron chi connectivity index (χ1n) is 8.03. The molecule has 1 unspecified atom stereocenters. The van der Waals surface area contributed by atoms with Crippen molar-refractivity contribution in [2.75, 3.05) is 11.9 Å². The number of carbonyl (C=O) groups is 1. The van der Waals surface area contributed by atoms with E-state index in [4.69, 9.17) is 11.6 Å². The van der Waals surface area contributed by atoms with Gasteiger partial charge in [-0.3, -0.25) is 0 Å². The van der Waals surface area contributed by atoms with Gasteiger partial charge in [0.1, 0.15) is 0 Å². The minimum atomic E-state index is -0.0368. The van der Waals surface area contributed by atoms with Crippen molar-refractivity contribution in [3.8, 4) is 0 Å². The molecule has 23 heavy (non-hydrogen) atoms. The average Bonchev–Trinajstić information content (AvgIpc) is 2.81. The first-order valence-corrected chi connectivity index (χ1v) is 9.22. The molecule has 0 radical (unpaired) electrons. The van der Waals surface area contributed by atoms with E-state index in [1.807, 2.05) is 17.0 Å². The van der Waals surface area contributed by atoms with Crippen molar-refractivity contribution in [1.29, 1.82) is 0 Å².